The van der Waals surface area contributed by atoms with Crippen LogP contribution in [-0.2, 0) is 14.3 Å². The highest BCUT2D eigenvalue weighted by molar-refractivity contribution is 9.10. The first-order valence-electron chi connectivity index (χ1n) is 7.54. The van der Waals surface area contributed by atoms with E-state index in [4.69, 9.17) is 4.42 Å². The van der Waals surface area contributed by atoms with Crippen molar-refractivity contribution in [2.75, 3.05) is 13.7 Å². The van der Waals surface area contributed by atoms with E-state index in [1.54, 1.807) is 24.3 Å². The first kappa shape index (κ1) is 20.2. The third kappa shape index (κ3) is 5.99. The fourth-order valence-electron chi connectivity index (χ4n) is 2.15. The minimum atomic E-state index is -0.581. The lowest BCUT2D eigenvalue weighted by molar-refractivity contribution is -0.141. The van der Waals surface area contributed by atoms with E-state index in [0.29, 0.717) is 4.67 Å². The highest BCUT2D eigenvalue weighted by Crippen LogP contribution is 2.21. The Morgan fingerprint density at radius 2 is 1.96 bits per heavy atom. The lowest BCUT2D eigenvalue weighted by Gasteiger charge is -2.18. The molecule has 1 aromatic carbocycles. The summed E-state index contributed by atoms with van der Waals surface area (Å²) in [5.41, 5.74) is 0.736. The van der Waals surface area contributed by atoms with Crippen molar-refractivity contribution < 1.29 is 23.5 Å². The van der Waals surface area contributed by atoms with Crippen molar-refractivity contribution in [3.05, 3.63) is 56.9 Å². The number of ether oxygens (including phenoxy) is 1. The van der Waals surface area contributed by atoms with Crippen molar-refractivity contribution in [3.63, 3.8) is 0 Å². The highest BCUT2D eigenvalue weighted by Gasteiger charge is 2.20. The summed E-state index contributed by atoms with van der Waals surface area (Å²) in [5.74, 6) is -1.34. The molecule has 138 valence electrons. The van der Waals surface area contributed by atoms with Crippen LogP contribution >= 0.6 is 31.9 Å². The molecule has 0 aliphatic rings. The summed E-state index contributed by atoms with van der Waals surface area (Å²) in [4.78, 5) is 35.7. The SMILES string of the molecule is COC(=O)CC(NC(=O)CNC(=O)c1ccc(Br)o1)c1cccc(Br)c1. The fraction of sp³-hybridized carbons (Fsp3) is 0.235. The first-order valence-corrected chi connectivity index (χ1v) is 9.13. The van der Waals surface area contributed by atoms with Gasteiger partial charge in [0.2, 0.25) is 5.91 Å². The van der Waals surface area contributed by atoms with Crippen LogP contribution in [0.4, 0.5) is 0 Å². The van der Waals surface area contributed by atoms with E-state index in [1.165, 1.54) is 13.2 Å². The summed E-state index contributed by atoms with van der Waals surface area (Å²) in [6, 6.07) is 9.70. The van der Waals surface area contributed by atoms with Gasteiger partial charge in [0.1, 0.15) is 0 Å². The Hall–Kier alpha value is -2.13. The molecule has 2 amide bonds. The van der Waals surface area contributed by atoms with E-state index in [2.05, 4.69) is 47.2 Å². The zero-order valence-electron chi connectivity index (χ0n) is 13.8. The number of carbonyl (C=O) groups excluding carboxylic acids is 3. The third-order valence-corrected chi connectivity index (χ3v) is 4.31. The van der Waals surface area contributed by atoms with Crippen LogP contribution in [0.25, 0.3) is 0 Å². The Balaban J connectivity index is 1.99. The molecular formula is C17H16Br2N2O5. The zero-order valence-corrected chi connectivity index (χ0v) is 16.9. The van der Waals surface area contributed by atoms with Crippen molar-refractivity contribution in [1.29, 1.82) is 0 Å². The number of methoxy groups -OCH3 is 1. The molecule has 2 aromatic rings. The van der Waals surface area contributed by atoms with Crippen molar-refractivity contribution in [3.8, 4) is 0 Å². The van der Waals surface area contributed by atoms with Crippen LogP contribution in [0.3, 0.4) is 0 Å². The maximum Gasteiger partial charge on any atom is 0.307 e. The molecule has 1 heterocycles. The van der Waals surface area contributed by atoms with Crippen molar-refractivity contribution in [1.82, 2.24) is 10.6 Å². The van der Waals surface area contributed by atoms with Gasteiger partial charge in [-0.3, -0.25) is 14.4 Å². The average Bonchev–Trinajstić information content (AvgIpc) is 3.05. The Labute approximate surface area is 166 Å². The molecule has 0 aliphatic heterocycles. The minimum Gasteiger partial charge on any atom is -0.469 e. The largest absolute Gasteiger partial charge is 0.469 e. The molecule has 0 saturated heterocycles. The lowest BCUT2D eigenvalue weighted by Crippen LogP contribution is -2.39. The van der Waals surface area contributed by atoms with Crippen LogP contribution in [0.15, 0.2) is 50.0 Å². The molecule has 1 atom stereocenters. The number of rotatable bonds is 7. The smallest absolute Gasteiger partial charge is 0.307 e. The molecule has 1 aromatic heterocycles. The van der Waals surface area contributed by atoms with Crippen LogP contribution in [-0.4, -0.2) is 31.4 Å². The summed E-state index contributed by atoms with van der Waals surface area (Å²) in [7, 11) is 1.28. The standard InChI is InChI=1S/C17H16Br2N2O5/c1-25-16(23)8-12(10-3-2-4-11(18)7-10)21-15(22)9-20-17(24)13-5-6-14(19)26-13/h2-7,12H,8-9H2,1H3,(H,20,24)(H,21,22). The Kier molecular flexibility index (Phi) is 7.40. The van der Waals surface area contributed by atoms with Gasteiger partial charge in [-0.2, -0.15) is 0 Å². The van der Waals surface area contributed by atoms with Gasteiger partial charge >= 0.3 is 5.97 Å². The molecule has 2 N–H and O–H groups in total. The number of furan rings is 1. The quantitative estimate of drug-likeness (QED) is 0.585. The molecule has 7 nitrogen and oxygen atoms in total. The number of carbonyl (C=O) groups is 3. The molecular weight excluding hydrogens is 472 g/mol. The molecule has 9 heteroatoms. The first-order chi connectivity index (χ1) is 12.4. The van der Waals surface area contributed by atoms with E-state index >= 15 is 0 Å². The predicted molar refractivity (Wildman–Crippen MR) is 100 cm³/mol. The molecule has 0 radical (unpaired) electrons. The second-order valence-corrected chi connectivity index (χ2v) is 6.94. The maximum absolute atomic E-state index is 12.2. The van der Waals surface area contributed by atoms with Gasteiger partial charge in [0.25, 0.3) is 5.91 Å². The Morgan fingerprint density at radius 3 is 2.58 bits per heavy atom. The normalized spacial score (nSPS) is 11.5. The summed E-state index contributed by atoms with van der Waals surface area (Å²) >= 11 is 6.46. The third-order valence-electron chi connectivity index (χ3n) is 3.39. The van der Waals surface area contributed by atoms with Gasteiger partial charge in [0.15, 0.2) is 10.4 Å². The number of amides is 2. The zero-order chi connectivity index (χ0) is 19.1. The molecule has 0 fully saturated rings. The fourth-order valence-corrected chi connectivity index (χ4v) is 2.88. The van der Waals surface area contributed by atoms with E-state index in [1.807, 2.05) is 6.07 Å². The number of hydrogen-bond acceptors (Lipinski definition) is 5. The Bertz CT molecular complexity index is 806. The van der Waals surface area contributed by atoms with Gasteiger partial charge in [0, 0.05) is 4.47 Å². The number of hydrogen-bond donors (Lipinski definition) is 2. The lowest BCUT2D eigenvalue weighted by atomic mass is 10.0. The summed E-state index contributed by atoms with van der Waals surface area (Å²) < 4.78 is 11.0. The molecule has 0 bridgehead atoms. The molecule has 1 unspecified atom stereocenters. The van der Waals surface area contributed by atoms with Crippen molar-refractivity contribution >= 4 is 49.6 Å². The second kappa shape index (κ2) is 9.54. The van der Waals surface area contributed by atoms with Crippen molar-refractivity contribution in [2.45, 2.75) is 12.5 Å². The summed E-state index contributed by atoms with van der Waals surface area (Å²) in [5, 5.41) is 5.18. The molecule has 2 rings (SSSR count). The van der Waals surface area contributed by atoms with Crippen LogP contribution < -0.4 is 10.6 Å². The van der Waals surface area contributed by atoms with Gasteiger partial charge in [-0.15, -0.1) is 0 Å². The second-order valence-electron chi connectivity index (χ2n) is 5.24. The van der Waals surface area contributed by atoms with E-state index in [0.717, 1.165) is 10.0 Å². The molecule has 0 saturated carbocycles. The predicted octanol–water partition coefficient (Wildman–Crippen LogP) is 2.96. The molecule has 0 aliphatic carbocycles. The number of halogens is 2. The van der Waals surface area contributed by atoms with Gasteiger partial charge in [-0.1, -0.05) is 28.1 Å². The van der Waals surface area contributed by atoms with Crippen LogP contribution in [0, 0.1) is 0 Å². The van der Waals surface area contributed by atoms with Gasteiger partial charge in [-0.25, -0.2) is 0 Å². The number of nitrogens with one attached hydrogen (secondary N) is 2. The van der Waals surface area contributed by atoms with Crippen molar-refractivity contribution in [2.24, 2.45) is 0 Å². The Morgan fingerprint density at radius 1 is 1.19 bits per heavy atom. The highest BCUT2D eigenvalue weighted by atomic mass is 79.9. The van der Waals surface area contributed by atoms with Crippen LogP contribution in [0.2, 0.25) is 0 Å². The average molecular weight is 488 g/mol. The monoisotopic (exact) mass is 486 g/mol. The van der Waals surface area contributed by atoms with Gasteiger partial charge in [0.05, 0.1) is 26.1 Å². The van der Waals surface area contributed by atoms with E-state index in [9.17, 15) is 14.4 Å². The number of esters is 1. The minimum absolute atomic E-state index is 0.0300. The molecule has 0 spiro atoms. The topological polar surface area (TPSA) is 97.6 Å². The van der Waals surface area contributed by atoms with E-state index in [-0.39, 0.29) is 18.7 Å². The van der Waals surface area contributed by atoms with Crippen LogP contribution in [0.5, 0.6) is 0 Å². The number of benzene rings is 1. The van der Waals surface area contributed by atoms with Gasteiger partial charge < -0.3 is 19.8 Å². The van der Waals surface area contributed by atoms with E-state index < -0.39 is 23.8 Å². The molecule has 26 heavy (non-hydrogen) atoms. The summed E-state index contributed by atoms with van der Waals surface area (Å²) in [6.45, 7) is -0.261. The van der Waals surface area contributed by atoms with Crippen LogP contribution in [0.1, 0.15) is 28.6 Å². The summed E-state index contributed by atoms with van der Waals surface area (Å²) in [6.07, 6.45) is -0.0300. The maximum atomic E-state index is 12.2. The van der Waals surface area contributed by atoms with Gasteiger partial charge in [-0.05, 0) is 45.8 Å².